The van der Waals surface area contributed by atoms with Gasteiger partial charge in [-0.15, -0.1) is 0 Å². The summed E-state index contributed by atoms with van der Waals surface area (Å²) in [6.07, 6.45) is 0. The number of para-hydroxylation sites is 1. The summed E-state index contributed by atoms with van der Waals surface area (Å²) >= 11 is 0. The lowest BCUT2D eigenvalue weighted by molar-refractivity contribution is 0.266. The maximum atomic E-state index is 6.05. The van der Waals surface area contributed by atoms with Crippen LogP contribution in [0, 0.1) is 13.8 Å². The third-order valence-electron chi connectivity index (χ3n) is 3.59. The molecule has 0 aliphatic heterocycles. The van der Waals surface area contributed by atoms with Crippen LogP contribution in [0.4, 0.5) is 0 Å². The lowest BCUT2D eigenvalue weighted by Gasteiger charge is -2.17. The molecule has 2 N–H and O–H groups in total. The van der Waals surface area contributed by atoms with Crippen molar-refractivity contribution in [2.24, 2.45) is 5.73 Å². The normalized spacial score (nSPS) is 10.5. The Hall–Kier alpha value is -2.00. The second-order valence-electron chi connectivity index (χ2n) is 5.04. The van der Waals surface area contributed by atoms with Gasteiger partial charge in [0.2, 0.25) is 0 Å². The van der Waals surface area contributed by atoms with E-state index in [1.165, 1.54) is 16.7 Å². The topological polar surface area (TPSA) is 44.5 Å². The Bertz CT molecular complexity index is 588. The molecule has 21 heavy (non-hydrogen) atoms. The van der Waals surface area contributed by atoms with Crippen molar-refractivity contribution in [1.82, 2.24) is 0 Å². The van der Waals surface area contributed by atoms with Gasteiger partial charge in [-0.25, -0.2) is 0 Å². The maximum absolute atomic E-state index is 6.05. The van der Waals surface area contributed by atoms with E-state index in [1.54, 1.807) is 0 Å². The number of aryl methyl sites for hydroxylation is 2. The predicted octanol–water partition coefficient (Wildman–Crippen LogP) is 3.74. The van der Waals surface area contributed by atoms with E-state index in [-0.39, 0.29) is 0 Å². The van der Waals surface area contributed by atoms with Crippen molar-refractivity contribution < 1.29 is 9.47 Å². The highest BCUT2D eigenvalue weighted by Gasteiger charge is 2.11. The first-order valence-corrected chi connectivity index (χ1v) is 7.30. The molecule has 0 atom stereocenters. The lowest BCUT2D eigenvalue weighted by atomic mass is 10.0. The van der Waals surface area contributed by atoms with Crippen LogP contribution in [0.5, 0.6) is 11.5 Å². The van der Waals surface area contributed by atoms with Gasteiger partial charge in [-0.3, -0.25) is 0 Å². The van der Waals surface area contributed by atoms with E-state index >= 15 is 0 Å². The molecule has 112 valence electrons. The molecule has 0 aromatic heterocycles. The van der Waals surface area contributed by atoms with Gasteiger partial charge in [0, 0.05) is 12.1 Å². The fourth-order valence-electron chi connectivity index (χ4n) is 2.38. The van der Waals surface area contributed by atoms with Gasteiger partial charge < -0.3 is 15.2 Å². The summed E-state index contributed by atoms with van der Waals surface area (Å²) in [5.74, 6) is 1.51. The number of ether oxygens (including phenoxy) is 2. The van der Waals surface area contributed by atoms with Crippen molar-refractivity contribution in [3.05, 3.63) is 58.7 Å². The summed E-state index contributed by atoms with van der Waals surface area (Å²) in [5, 5.41) is 0. The zero-order chi connectivity index (χ0) is 15.2. The summed E-state index contributed by atoms with van der Waals surface area (Å²) in [6, 6.07) is 12.1. The molecule has 0 spiro atoms. The van der Waals surface area contributed by atoms with E-state index in [9.17, 15) is 0 Å². The third kappa shape index (κ3) is 3.56. The lowest BCUT2D eigenvalue weighted by Crippen LogP contribution is -2.07. The van der Waals surface area contributed by atoms with Crippen molar-refractivity contribution >= 4 is 0 Å². The number of benzene rings is 2. The quantitative estimate of drug-likeness (QED) is 0.879. The number of hydrogen-bond donors (Lipinski definition) is 1. The van der Waals surface area contributed by atoms with Crippen LogP contribution >= 0.6 is 0 Å². The van der Waals surface area contributed by atoms with Gasteiger partial charge in [-0.2, -0.15) is 0 Å². The molecular formula is C18H23NO2. The Morgan fingerprint density at radius 1 is 0.952 bits per heavy atom. The number of nitrogens with two attached hydrogens (primary N) is 1. The molecule has 0 fully saturated rings. The van der Waals surface area contributed by atoms with Gasteiger partial charge in [-0.1, -0.05) is 30.3 Å². The first kappa shape index (κ1) is 15.4. The second kappa shape index (κ2) is 7.14. The molecule has 0 aliphatic rings. The summed E-state index contributed by atoms with van der Waals surface area (Å²) in [6.45, 7) is 7.73. The standard InChI is InChI=1S/C18H23NO2/c1-4-20-17-10-6-9-15(11-19)18(17)21-12-16-13(2)7-5-8-14(16)3/h5-10H,4,11-12,19H2,1-3H3. The van der Waals surface area contributed by atoms with E-state index in [1.807, 2.05) is 25.1 Å². The van der Waals surface area contributed by atoms with Crippen LogP contribution in [0.15, 0.2) is 36.4 Å². The van der Waals surface area contributed by atoms with Gasteiger partial charge >= 0.3 is 0 Å². The van der Waals surface area contributed by atoms with Crippen molar-refractivity contribution in [3.8, 4) is 11.5 Å². The first-order valence-electron chi connectivity index (χ1n) is 7.30. The zero-order valence-corrected chi connectivity index (χ0v) is 13.0. The van der Waals surface area contributed by atoms with Crippen molar-refractivity contribution in [2.45, 2.75) is 33.9 Å². The minimum Gasteiger partial charge on any atom is -0.490 e. The molecule has 2 aromatic carbocycles. The fraction of sp³-hybridized carbons (Fsp3) is 0.333. The van der Waals surface area contributed by atoms with Crippen LogP contribution in [-0.2, 0) is 13.2 Å². The Balaban J connectivity index is 2.27. The molecule has 0 saturated carbocycles. The molecule has 0 amide bonds. The summed E-state index contributed by atoms with van der Waals surface area (Å²) < 4.78 is 11.7. The predicted molar refractivity (Wildman–Crippen MR) is 85.8 cm³/mol. The minimum atomic E-state index is 0.434. The Morgan fingerprint density at radius 2 is 1.62 bits per heavy atom. The van der Waals surface area contributed by atoms with E-state index in [2.05, 4.69) is 32.0 Å². The number of rotatable bonds is 6. The van der Waals surface area contributed by atoms with Crippen LogP contribution < -0.4 is 15.2 Å². The van der Waals surface area contributed by atoms with E-state index in [0.29, 0.717) is 19.8 Å². The van der Waals surface area contributed by atoms with Gasteiger partial charge in [0.25, 0.3) is 0 Å². The van der Waals surface area contributed by atoms with Crippen LogP contribution in [0.1, 0.15) is 29.2 Å². The molecule has 3 heteroatoms. The summed E-state index contributed by atoms with van der Waals surface area (Å²) in [7, 11) is 0. The maximum Gasteiger partial charge on any atom is 0.166 e. The minimum absolute atomic E-state index is 0.434. The highest BCUT2D eigenvalue weighted by Crippen LogP contribution is 2.32. The van der Waals surface area contributed by atoms with E-state index in [4.69, 9.17) is 15.2 Å². The Morgan fingerprint density at radius 3 is 2.24 bits per heavy atom. The van der Waals surface area contributed by atoms with Crippen molar-refractivity contribution in [3.63, 3.8) is 0 Å². The van der Waals surface area contributed by atoms with E-state index < -0.39 is 0 Å². The zero-order valence-electron chi connectivity index (χ0n) is 13.0. The highest BCUT2D eigenvalue weighted by atomic mass is 16.5. The SMILES string of the molecule is CCOc1cccc(CN)c1OCc1c(C)cccc1C. The molecule has 3 nitrogen and oxygen atoms in total. The smallest absolute Gasteiger partial charge is 0.166 e. The fourth-order valence-corrected chi connectivity index (χ4v) is 2.38. The van der Waals surface area contributed by atoms with Crippen molar-refractivity contribution in [2.75, 3.05) is 6.61 Å². The summed E-state index contributed by atoms with van der Waals surface area (Å²) in [4.78, 5) is 0. The van der Waals surface area contributed by atoms with Gasteiger partial charge in [0.15, 0.2) is 11.5 Å². The van der Waals surface area contributed by atoms with Crippen molar-refractivity contribution in [1.29, 1.82) is 0 Å². The highest BCUT2D eigenvalue weighted by molar-refractivity contribution is 5.47. The molecular weight excluding hydrogens is 262 g/mol. The van der Waals surface area contributed by atoms with Crippen LogP contribution in [0.25, 0.3) is 0 Å². The van der Waals surface area contributed by atoms with Crippen LogP contribution in [0.3, 0.4) is 0 Å². The van der Waals surface area contributed by atoms with E-state index in [0.717, 1.165) is 17.1 Å². The van der Waals surface area contributed by atoms with Crippen LogP contribution in [-0.4, -0.2) is 6.61 Å². The monoisotopic (exact) mass is 285 g/mol. The molecule has 0 saturated heterocycles. The average molecular weight is 285 g/mol. The Labute approximate surface area is 126 Å². The molecule has 0 radical (unpaired) electrons. The molecule has 2 aromatic rings. The average Bonchev–Trinajstić information content (AvgIpc) is 2.48. The number of hydrogen-bond acceptors (Lipinski definition) is 3. The van der Waals surface area contributed by atoms with Gasteiger partial charge in [0.05, 0.1) is 6.61 Å². The molecule has 0 bridgehead atoms. The molecule has 0 aliphatic carbocycles. The second-order valence-corrected chi connectivity index (χ2v) is 5.04. The largest absolute Gasteiger partial charge is 0.490 e. The Kier molecular flexibility index (Phi) is 5.23. The first-order chi connectivity index (χ1) is 10.2. The van der Waals surface area contributed by atoms with Gasteiger partial charge in [-0.05, 0) is 43.5 Å². The molecule has 0 unspecified atom stereocenters. The van der Waals surface area contributed by atoms with Gasteiger partial charge in [0.1, 0.15) is 6.61 Å². The summed E-state index contributed by atoms with van der Waals surface area (Å²) in [5.41, 5.74) is 10.5. The molecule has 2 rings (SSSR count). The third-order valence-corrected chi connectivity index (χ3v) is 3.59. The molecule has 0 heterocycles. The van der Waals surface area contributed by atoms with Crippen LogP contribution in [0.2, 0.25) is 0 Å².